The summed E-state index contributed by atoms with van der Waals surface area (Å²) < 4.78 is 10.2. The third kappa shape index (κ3) is 4.24. The van der Waals surface area contributed by atoms with Gasteiger partial charge in [-0.15, -0.1) is 0 Å². The molecule has 0 N–H and O–H groups in total. The highest BCUT2D eigenvalue weighted by molar-refractivity contribution is 6.29. The number of halogens is 1. The number of esters is 1. The molecule has 1 heterocycles. The van der Waals surface area contributed by atoms with Gasteiger partial charge < -0.3 is 9.47 Å². The maximum Gasteiger partial charge on any atom is 0.310 e. The first-order chi connectivity index (χ1) is 9.67. The van der Waals surface area contributed by atoms with Crippen LogP contribution in [0, 0.1) is 0 Å². The van der Waals surface area contributed by atoms with Crippen LogP contribution < -0.4 is 4.74 Å². The van der Waals surface area contributed by atoms with Crippen molar-refractivity contribution in [2.75, 3.05) is 7.11 Å². The summed E-state index contributed by atoms with van der Waals surface area (Å²) in [5.74, 6) is 0.472. The Kier molecular flexibility index (Phi) is 4.96. The Balaban J connectivity index is 1.84. The molecule has 2 aromatic rings. The first-order valence-corrected chi connectivity index (χ1v) is 6.44. The highest BCUT2D eigenvalue weighted by Gasteiger charge is 2.06. The van der Waals surface area contributed by atoms with Gasteiger partial charge in [-0.1, -0.05) is 29.8 Å². The normalized spacial score (nSPS) is 10.1. The van der Waals surface area contributed by atoms with Crippen molar-refractivity contribution in [2.45, 2.75) is 13.0 Å². The molecule has 0 aliphatic heterocycles. The van der Waals surface area contributed by atoms with Crippen LogP contribution in [-0.4, -0.2) is 18.1 Å². The van der Waals surface area contributed by atoms with E-state index in [1.54, 1.807) is 25.4 Å². The number of carbonyl (C=O) groups is 1. The van der Waals surface area contributed by atoms with Gasteiger partial charge in [0.2, 0.25) is 0 Å². The highest BCUT2D eigenvalue weighted by Crippen LogP contribution is 2.12. The molecular formula is C15H14ClNO3. The Morgan fingerprint density at radius 2 is 1.85 bits per heavy atom. The van der Waals surface area contributed by atoms with Gasteiger partial charge in [0.25, 0.3) is 0 Å². The molecule has 0 saturated carbocycles. The number of hydrogen-bond acceptors (Lipinski definition) is 4. The fourth-order valence-corrected chi connectivity index (χ4v) is 1.73. The van der Waals surface area contributed by atoms with Gasteiger partial charge in [0.05, 0.1) is 13.5 Å². The molecule has 1 aromatic carbocycles. The van der Waals surface area contributed by atoms with E-state index in [0.717, 1.165) is 16.9 Å². The van der Waals surface area contributed by atoms with Gasteiger partial charge in [-0.3, -0.25) is 4.79 Å². The molecule has 20 heavy (non-hydrogen) atoms. The maximum atomic E-state index is 11.7. The number of hydrogen-bond donors (Lipinski definition) is 0. The van der Waals surface area contributed by atoms with Gasteiger partial charge >= 0.3 is 5.97 Å². The van der Waals surface area contributed by atoms with E-state index in [2.05, 4.69) is 4.98 Å². The third-order valence-electron chi connectivity index (χ3n) is 2.70. The lowest BCUT2D eigenvalue weighted by molar-refractivity contribution is -0.144. The smallest absolute Gasteiger partial charge is 0.310 e. The number of carbonyl (C=O) groups excluding carboxylic acids is 1. The van der Waals surface area contributed by atoms with Crippen LogP contribution >= 0.6 is 11.6 Å². The number of nitrogens with zero attached hydrogens (tertiary/aromatic N) is 1. The summed E-state index contributed by atoms with van der Waals surface area (Å²) >= 11 is 5.68. The topological polar surface area (TPSA) is 48.4 Å². The van der Waals surface area contributed by atoms with Crippen molar-refractivity contribution in [1.29, 1.82) is 0 Å². The zero-order valence-electron chi connectivity index (χ0n) is 11.0. The lowest BCUT2D eigenvalue weighted by Gasteiger charge is -2.05. The van der Waals surface area contributed by atoms with Crippen molar-refractivity contribution in [2.24, 2.45) is 0 Å². The van der Waals surface area contributed by atoms with Crippen LogP contribution in [0.15, 0.2) is 42.6 Å². The molecule has 4 nitrogen and oxygen atoms in total. The summed E-state index contributed by atoms with van der Waals surface area (Å²) in [6, 6.07) is 10.7. The monoisotopic (exact) mass is 291 g/mol. The summed E-state index contributed by atoms with van der Waals surface area (Å²) in [6.07, 6.45) is 1.81. The molecule has 0 radical (unpaired) electrons. The lowest BCUT2D eigenvalue weighted by Crippen LogP contribution is -2.08. The fourth-order valence-electron chi connectivity index (χ4n) is 1.62. The SMILES string of the molecule is COc1ccc(CC(=O)OCc2ccc(Cl)nc2)cc1. The Morgan fingerprint density at radius 1 is 1.15 bits per heavy atom. The van der Waals surface area contributed by atoms with Crippen LogP contribution in [0.2, 0.25) is 5.15 Å². The third-order valence-corrected chi connectivity index (χ3v) is 2.92. The molecule has 0 amide bonds. The van der Waals surface area contributed by atoms with E-state index in [-0.39, 0.29) is 19.0 Å². The minimum absolute atomic E-state index is 0.194. The molecule has 2 rings (SSSR count). The van der Waals surface area contributed by atoms with Crippen molar-refractivity contribution in [3.05, 3.63) is 58.9 Å². The quantitative estimate of drug-likeness (QED) is 0.627. The molecule has 0 atom stereocenters. The molecule has 0 saturated heterocycles. The Labute approximate surface area is 122 Å². The molecule has 1 aromatic heterocycles. The number of pyridine rings is 1. The molecule has 0 fully saturated rings. The van der Waals surface area contributed by atoms with E-state index < -0.39 is 0 Å². The minimum Gasteiger partial charge on any atom is -0.497 e. The van der Waals surface area contributed by atoms with Gasteiger partial charge in [0, 0.05) is 11.8 Å². The predicted molar refractivity (Wildman–Crippen MR) is 75.7 cm³/mol. The van der Waals surface area contributed by atoms with Crippen molar-refractivity contribution in [1.82, 2.24) is 4.98 Å². The van der Waals surface area contributed by atoms with Gasteiger partial charge in [0.15, 0.2) is 0 Å². The van der Waals surface area contributed by atoms with Crippen LogP contribution in [0.3, 0.4) is 0 Å². The Bertz CT molecular complexity index is 567. The number of ether oxygens (including phenoxy) is 2. The number of rotatable bonds is 5. The van der Waals surface area contributed by atoms with Crippen molar-refractivity contribution >= 4 is 17.6 Å². The van der Waals surface area contributed by atoms with Crippen molar-refractivity contribution < 1.29 is 14.3 Å². The molecule has 0 aliphatic rings. The van der Waals surface area contributed by atoms with Gasteiger partial charge in [0.1, 0.15) is 17.5 Å². The van der Waals surface area contributed by atoms with E-state index in [1.807, 2.05) is 24.3 Å². The number of aromatic nitrogens is 1. The molecule has 104 valence electrons. The van der Waals surface area contributed by atoms with Crippen molar-refractivity contribution in [3.63, 3.8) is 0 Å². The first kappa shape index (κ1) is 14.3. The summed E-state index contributed by atoms with van der Waals surface area (Å²) in [6.45, 7) is 0.194. The lowest BCUT2D eigenvalue weighted by atomic mass is 10.1. The van der Waals surface area contributed by atoms with E-state index in [4.69, 9.17) is 21.1 Å². The second kappa shape index (κ2) is 6.91. The highest BCUT2D eigenvalue weighted by atomic mass is 35.5. The Hall–Kier alpha value is -2.07. The van der Waals surface area contributed by atoms with E-state index in [0.29, 0.717) is 5.15 Å². The van der Waals surface area contributed by atoms with Crippen LogP contribution in [0.25, 0.3) is 0 Å². The summed E-state index contributed by atoms with van der Waals surface area (Å²) in [7, 11) is 1.60. The molecular weight excluding hydrogens is 278 g/mol. The standard InChI is InChI=1S/C15H14ClNO3/c1-19-13-5-2-11(3-6-13)8-15(18)20-10-12-4-7-14(16)17-9-12/h2-7,9H,8,10H2,1H3. The van der Waals surface area contributed by atoms with E-state index in [9.17, 15) is 4.79 Å². The summed E-state index contributed by atoms with van der Waals surface area (Å²) in [4.78, 5) is 15.6. The van der Waals surface area contributed by atoms with Crippen LogP contribution in [-0.2, 0) is 22.6 Å². The van der Waals surface area contributed by atoms with E-state index in [1.165, 1.54) is 0 Å². The zero-order valence-corrected chi connectivity index (χ0v) is 11.8. The van der Waals surface area contributed by atoms with Gasteiger partial charge in [-0.25, -0.2) is 4.98 Å². The van der Waals surface area contributed by atoms with Crippen LogP contribution in [0.5, 0.6) is 5.75 Å². The minimum atomic E-state index is -0.287. The fraction of sp³-hybridized carbons (Fsp3) is 0.200. The molecule has 0 unspecified atom stereocenters. The second-order valence-electron chi connectivity index (χ2n) is 4.17. The first-order valence-electron chi connectivity index (χ1n) is 6.06. The van der Waals surface area contributed by atoms with Gasteiger partial charge in [-0.05, 0) is 23.8 Å². The van der Waals surface area contributed by atoms with E-state index >= 15 is 0 Å². The molecule has 0 bridgehead atoms. The average molecular weight is 292 g/mol. The predicted octanol–water partition coefficient (Wildman–Crippen LogP) is 3.03. The number of benzene rings is 1. The molecule has 5 heteroatoms. The maximum absolute atomic E-state index is 11.7. The van der Waals surface area contributed by atoms with Crippen LogP contribution in [0.4, 0.5) is 0 Å². The second-order valence-corrected chi connectivity index (χ2v) is 4.56. The summed E-state index contributed by atoms with van der Waals surface area (Å²) in [5.41, 5.74) is 1.68. The largest absolute Gasteiger partial charge is 0.497 e. The molecule has 0 spiro atoms. The average Bonchev–Trinajstić information content (AvgIpc) is 2.47. The number of methoxy groups -OCH3 is 1. The summed E-state index contributed by atoms with van der Waals surface area (Å²) in [5, 5.41) is 0.415. The van der Waals surface area contributed by atoms with Crippen molar-refractivity contribution in [3.8, 4) is 5.75 Å². The van der Waals surface area contributed by atoms with Crippen LogP contribution in [0.1, 0.15) is 11.1 Å². The van der Waals surface area contributed by atoms with Gasteiger partial charge in [-0.2, -0.15) is 0 Å². The zero-order chi connectivity index (χ0) is 14.4. The Morgan fingerprint density at radius 3 is 2.45 bits per heavy atom. The molecule has 0 aliphatic carbocycles.